The van der Waals surface area contributed by atoms with Gasteiger partial charge in [-0.1, -0.05) is 0 Å². The number of hydrogen-bond acceptors (Lipinski definition) is 3. The standard InChI is InChI=1S/C7H7N3S/c1-11-10-7-6(5-9-10)3-2-4-8-7/h2-5H,1H3. The fourth-order valence-corrected chi connectivity index (χ4v) is 1.44. The molecule has 2 heterocycles. The predicted octanol–water partition coefficient (Wildman–Crippen LogP) is 1.56. The molecule has 0 radical (unpaired) electrons. The maximum Gasteiger partial charge on any atom is 0.169 e. The molecule has 0 atom stereocenters. The highest BCUT2D eigenvalue weighted by atomic mass is 32.2. The first-order valence-electron chi connectivity index (χ1n) is 3.25. The Kier molecular flexibility index (Phi) is 1.54. The molecular formula is C7H7N3S. The van der Waals surface area contributed by atoms with Crippen LogP contribution in [0.2, 0.25) is 0 Å². The fraction of sp³-hybridized carbons (Fsp3) is 0.143. The second-order valence-corrected chi connectivity index (χ2v) is 2.83. The van der Waals surface area contributed by atoms with Gasteiger partial charge in [-0.2, -0.15) is 9.19 Å². The van der Waals surface area contributed by atoms with Gasteiger partial charge in [0.25, 0.3) is 0 Å². The Bertz CT molecular complexity index is 368. The highest BCUT2D eigenvalue weighted by Gasteiger charge is 1.99. The molecule has 56 valence electrons. The minimum atomic E-state index is 0.931. The van der Waals surface area contributed by atoms with Crippen molar-refractivity contribution in [2.75, 3.05) is 6.26 Å². The fourth-order valence-electron chi connectivity index (χ4n) is 0.973. The molecule has 0 fully saturated rings. The lowest BCUT2D eigenvalue weighted by Gasteiger charge is -1.93. The van der Waals surface area contributed by atoms with Crippen LogP contribution in [0.3, 0.4) is 0 Å². The van der Waals surface area contributed by atoms with E-state index in [4.69, 9.17) is 0 Å². The summed E-state index contributed by atoms with van der Waals surface area (Å²) < 4.78 is 1.80. The molecule has 0 aliphatic carbocycles. The molecule has 0 amide bonds. The highest BCUT2D eigenvalue weighted by Crippen LogP contribution is 2.12. The van der Waals surface area contributed by atoms with Gasteiger partial charge in [0.2, 0.25) is 0 Å². The van der Waals surface area contributed by atoms with Crippen LogP contribution < -0.4 is 0 Å². The van der Waals surface area contributed by atoms with Crippen LogP contribution in [0.25, 0.3) is 11.0 Å². The Labute approximate surface area is 68.6 Å². The van der Waals surface area contributed by atoms with Gasteiger partial charge in [-0.25, -0.2) is 4.98 Å². The van der Waals surface area contributed by atoms with Gasteiger partial charge in [-0.15, -0.1) is 0 Å². The van der Waals surface area contributed by atoms with E-state index in [1.54, 1.807) is 22.2 Å². The van der Waals surface area contributed by atoms with Crippen LogP contribution in [-0.4, -0.2) is 20.4 Å². The molecule has 0 aliphatic heterocycles. The summed E-state index contributed by atoms with van der Waals surface area (Å²) >= 11 is 1.55. The van der Waals surface area contributed by atoms with E-state index < -0.39 is 0 Å². The lowest BCUT2D eigenvalue weighted by molar-refractivity contribution is 1.02. The Morgan fingerprint density at radius 3 is 3.27 bits per heavy atom. The van der Waals surface area contributed by atoms with Gasteiger partial charge in [-0.3, -0.25) is 0 Å². The first-order chi connectivity index (χ1) is 5.42. The van der Waals surface area contributed by atoms with Crippen molar-refractivity contribution in [3.05, 3.63) is 24.5 Å². The average Bonchev–Trinajstić information content (AvgIpc) is 2.47. The summed E-state index contributed by atoms with van der Waals surface area (Å²) in [4.78, 5) is 4.19. The molecule has 0 unspecified atom stereocenters. The van der Waals surface area contributed by atoms with Gasteiger partial charge in [0.05, 0.1) is 6.20 Å². The first kappa shape index (κ1) is 6.67. The van der Waals surface area contributed by atoms with E-state index in [2.05, 4.69) is 10.1 Å². The third-order valence-corrected chi connectivity index (χ3v) is 2.09. The summed E-state index contributed by atoms with van der Waals surface area (Å²) in [7, 11) is 0. The molecule has 0 N–H and O–H groups in total. The maximum atomic E-state index is 4.19. The quantitative estimate of drug-likeness (QED) is 0.642. The van der Waals surface area contributed by atoms with Crippen LogP contribution in [0.15, 0.2) is 24.5 Å². The Hall–Kier alpha value is -1.03. The minimum Gasteiger partial charge on any atom is -0.236 e. The third kappa shape index (κ3) is 0.991. The van der Waals surface area contributed by atoms with Crippen LogP contribution in [0.5, 0.6) is 0 Å². The molecule has 2 aromatic heterocycles. The summed E-state index contributed by atoms with van der Waals surface area (Å²) in [6, 6.07) is 3.91. The van der Waals surface area contributed by atoms with Crippen LogP contribution in [0.4, 0.5) is 0 Å². The number of nitrogens with zero attached hydrogens (tertiary/aromatic N) is 3. The molecular weight excluding hydrogens is 158 g/mol. The molecule has 4 heteroatoms. The van der Waals surface area contributed by atoms with E-state index in [1.807, 2.05) is 24.6 Å². The number of pyridine rings is 1. The number of fused-ring (bicyclic) bond motifs is 1. The van der Waals surface area contributed by atoms with Gasteiger partial charge in [0.15, 0.2) is 5.65 Å². The van der Waals surface area contributed by atoms with Gasteiger partial charge >= 0.3 is 0 Å². The van der Waals surface area contributed by atoms with Crippen molar-refractivity contribution < 1.29 is 0 Å². The van der Waals surface area contributed by atoms with Gasteiger partial charge < -0.3 is 0 Å². The number of aromatic nitrogens is 3. The molecule has 2 aromatic rings. The van der Waals surface area contributed by atoms with E-state index in [9.17, 15) is 0 Å². The summed E-state index contributed by atoms with van der Waals surface area (Å²) in [5.41, 5.74) is 0.931. The molecule has 3 nitrogen and oxygen atoms in total. The molecule has 0 bridgehead atoms. The zero-order chi connectivity index (χ0) is 7.68. The molecule has 11 heavy (non-hydrogen) atoms. The largest absolute Gasteiger partial charge is 0.236 e. The predicted molar refractivity (Wildman–Crippen MR) is 46.4 cm³/mol. The van der Waals surface area contributed by atoms with E-state index in [1.165, 1.54) is 0 Å². The summed E-state index contributed by atoms with van der Waals surface area (Å²) in [5.74, 6) is 0. The number of hydrogen-bond donors (Lipinski definition) is 0. The third-order valence-electron chi connectivity index (χ3n) is 1.47. The van der Waals surface area contributed by atoms with Crippen molar-refractivity contribution in [2.45, 2.75) is 0 Å². The molecule has 0 saturated carbocycles. The Balaban J connectivity index is 2.76. The highest BCUT2D eigenvalue weighted by molar-refractivity contribution is 7.97. The van der Waals surface area contributed by atoms with Crippen molar-refractivity contribution in [1.82, 2.24) is 14.2 Å². The molecule has 2 rings (SSSR count). The second-order valence-electron chi connectivity index (χ2n) is 2.12. The van der Waals surface area contributed by atoms with Crippen LogP contribution in [-0.2, 0) is 0 Å². The summed E-state index contributed by atoms with van der Waals surface area (Å²) in [6.45, 7) is 0. The van der Waals surface area contributed by atoms with E-state index in [-0.39, 0.29) is 0 Å². The zero-order valence-corrected chi connectivity index (χ0v) is 6.88. The van der Waals surface area contributed by atoms with Crippen LogP contribution in [0, 0.1) is 0 Å². The van der Waals surface area contributed by atoms with Crippen LogP contribution >= 0.6 is 11.9 Å². The van der Waals surface area contributed by atoms with Crippen molar-refractivity contribution in [1.29, 1.82) is 0 Å². The summed E-state index contributed by atoms with van der Waals surface area (Å²) in [6.07, 6.45) is 5.57. The lowest BCUT2D eigenvalue weighted by atomic mass is 10.4. The molecule has 0 aliphatic rings. The van der Waals surface area contributed by atoms with Crippen LogP contribution in [0.1, 0.15) is 0 Å². The maximum absolute atomic E-state index is 4.19. The molecule has 0 spiro atoms. The van der Waals surface area contributed by atoms with Crippen molar-refractivity contribution in [3.63, 3.8) is 0 Å². The first-order valence-corrected chi connectivity index (χ1v) is 4.43. The molecule has 0 saturated heterocycles. The van der Waals surface area contributed by atoms with Crippen molar-refractivity contribution in [2.24, 2.45) is 0 Å². The smallest absolute Gasteiger partial charge is 0.169 e. The molecule has 0 aromatic carbocycles. The zero-order valence-electron chi connectivity index (χ0n) is 6.06. The van der Waals surface area contributed by atoms with Crippen molar-refractivity contribution in [3.8, 4) is 0 Å². The normalized spacial score (nSPS) is 10.6. The monoisotopic (exact) mass is 165 g/mol. The number of rotatable bonds is 1. The second kappa shape index (κ2) is 2.54. The van der Waals surface area contributed by atoms with E-state index >= 15 is 0 Å². The van der Waals surface area contributed by atoms with E-state index in [0.29, 0.717) is 0 Å². The summed E-state index contributed by atoms with van der Waals surface area (Å²) in [5, 5.41) is 5.22. The van der Waals surface area contributed by atoms with Crippen molar-refractivity contribution >= 4 is 23.0 Å². The topological polar surface area (TPSA) is 30.7 Å². The van der Waals surface area contributed by atoms with E-state index in [0.717, 1.165) is 11.0 Å². The Morgan fingerprint density at radius 2 is 2.45 bits per heavy atom. The Morgan fingerprint density at radius 1 is 1.55 bits per heavy atom. The van der Waals surface area contributed by atoms with Gasteiger partial charge in [0, 0.05) is 17.8 Å². The van der Waals surface area contributed by atoms with Gasteiger partial charge in [-0.05, 0) is 24.1 Å². The van der Waals surface area contributed by atoms with Gasteiger partial charge in [0.1, 0.15) is 0 Å². The SMILES string of the molecule is CSn1ncc2cccnc21. The lowest BCUT2D eigenvalue weighted by Crippen LogP contribution is -1.87. The minimum absolute atomic E-state index is 0.931. The average molecular weight is 165 g/mol.